The van der Waals surface area contributed by atoms with E-state index in [0.717, 1.165) is 12.0 Å². The molecule has 0 aromatic rings. The van der Waals surface area contributed by atoms with Crippen LogP contribution in [0.25, 0.3) is 0 Å². The Bertz CT molecular complexity index is 238. The SMILES string of the molecule is CC1(C)C=C(C=N)C=CC(O)C1. The van der Waals surface area contributed by atoms with Crippen molar-refractivity contribution in [3.05, 3.63) is 23.8 Å². The Morgan fingerprint density at radius 1 is 1.67 bits per heavy atom. The first-order valence-electron chi connectivity index (χ1n) is 4.13. The number of nitrogens with one attached hydrogen (secondary N) is 1. The molecular formula is C10H15NO. The maximum absolute atomic E-state index is 9.44. The first kappa shape index (κ1) is 9.20. The maximum Gasteiger partial charge on any atom is 0.0732 e. The van der Waals surface area contributed by atoms with Gasteiger partial charge in [0.2, 0.25) is 0 Å². The van der Waals surface area contributed by atoms with Crippen molar-refractivity contribution in [1.82, 2.24) is 0 Å². The molecule has 1 unspecified atom stereocenters. The molecule has 0 aromatic carbocycles. The number of allylic oxidation sites excluding steroid dienone is 3. The van der Waals surface area contributed by atoms with E-state index in [1.807, 2.05) is 6.08 Å². The van der Waals surface area contributed by atoms with Gasteiger partial charge in [-0.3, -0.25) is 0 Å². The summed E-state index contributed by atoms with van der Waals surface area (Å²) in [7, 11) is 0. The van der Waals surface area contributed by atoms with E-state index in [4.69, 9.17) is 5.41 Å². The number of rotatable bonds is 1. The third kappa shape index (κ3) is 2.31. The minimum absolute atomic E-state index is 0.0181. The van der Waals surface area contributed by atoms with Crippen molar-refractivity contribution in [2.24, 2.45) is 5.41 Å². The van der Waals surface area contributed by atoms with Crippen LogP contribution in [-0.2, 0) is 0 Å². The second-order valence-electron chi connectivity index (χ2n) is 3.91. The summed E-state index contributed by atoms with van der Waals surface area (Å²) in [4.78, 5) is 0. The zero-order valence-corrected chi connectivity index (χ0v) is 7.54. The monoisotopic (exact) mass is 165 g/mol. The lowest BCUT2D eigenvalue weighted by atomic mass is 9.86. The van der Waals surface area contributed by atoms with Crippen molar-refractivity contribution in [2.75, 3.05) is 0 Å². The van der Waals surface area contributed by atoms with Gasteiger partial charge >= 0.3 is 0 Å². The molecule has 66 valence electrons. The van der Waals surface area contributed by atoms with Crippen LogP contribution in [0.1, 0.15) is 20.3 Å². The minimum Gasteiger partial charge on any atom is -0.389 e. The highest BCUT2D eigenvalue weighted by molar-refractivity contribution is 5.80. The smallest absolute Gasteiger partial charge is 0.0732 e. The Labute approximate surface area is 73.1 Å². The quantitative estimate of drug-likeness (QED) is 0.573. The number of aliphatic hydroxyl groups excluding tert-OH is 1. The molecule has 1 aliphatic rings. The van der Waals surface area contributed by atoms with Gasteiger partial charge in [0.1, 0.15) is 0 Å². The third-order valence-corrected chi connectivity index (χ3v) is 1.97. The summed E-state index contributed by atoms with van der Waals surface area (Å²) < 4.78 is 0. The zero-order valence-electron chi connectivity index (χ0n) is 7.54. The van der Waals surface area contributed by atoms with Gasteiger partial charge in [0.05, 0.1) is 6.10 Å². The largest absolute Gasteiger partial charge is 0.389 e. The number of aliphatic hydroxyl groups is 1. The van der Waals surface area contributed by atoms with E-state index in [1.165, 1.54) is 6.21 Å². The molecule has 0 amide bonds. The van der Waals surface area contributed by atoms with Gasteiger partial charge in [0, 0.05) is 6.21 Å². The van der Waals surface area contributed by atoms with Crippen molar-refractivity contribution in [1.29, 1.82) is 5.41 Å². The average Bonchev–Trinajstić information content (AvgIpc) is 2.07. The Hall–Kier alpha value is -0.890. The van der Waals surface area contributed by atoms with Crippen LogP contribution in [0.2, 0.25) is 0 Å². The summed E-state index contributed by atoms with van der Waals surface area (Å²) in [6, 6.07) is 0. The summed E-state index contributed by atoms with van der Waals surface area (Å²) in [6.07, 6.45) is 7.22. The molecule has 0 aromatic heterocycles. The molecule has 0 aliphatic heterocycles. The fourth-order valence-corrected chi connectivity index (χ4v) is 1.48. The predicted octanol–water partition coefficient (Wildman–Crippen LogP) is 1.91. The van der Waals surface area contributed by atoms with Crippen LogP contribution in [0.5, 0.6) is 0 Å². The maximum atomic E-state index is 9.44. The van der Waals surface area contributed by atoms with Gasteiger partial charge in [0.25, 0.3) is 0 Å². The summed E-state index contributed by atoms with van der Waals surface area (Å²) in [5.41, 5.74) is 0.854. The summed E-state index contributed by atoms with van der Waals surface area (Å²) >= 11 is 0. The van der Waals surface area contributed by atoms with Gasteiger partial charge < -0.3 is 10.5 Å². The van der Waals surface area contributed by atoms with Crippen LogP contribution >= 0.6 is 0 Å². The molecule has 0 radical (unpaired) electrons. The lowest BCUT2D eigenvalue weighted by molar-refractivity contribution is 0.175. The summed E-state index contributed by atoms with van der Waals surface area (Å²) in [5, 5.41) is 16.6. The molecule has 1 rings (SSSR count). The van der Waals surface area contributed by atoms with Gasteiger partial charge in [-0.05, 0) is 17.4 Å². The van der Waals surface area contributed by atoms with E-state index >= 15 is 0 Å². The fraction of sp³-hybridized carbons (Fsp3) is 0.500. The van der Waals surface area contributed by atoms with E-state index in [0.29, 0.717) is 0 Å². The molecule has 2 N–H and O–H groups in total. The summed E-state index contributed by atoms with van der Waals surface area (Å²) in [5.74, 6) is 0. The third-order valence-electron chi connectivity index (χ3n) is 1.97. The molecule has 0 bridgehead atoms. The van der Waals surface area contributed by atoms with Crippen LogP contribution in [0.15, 0.2) is 23.8 Å². The first-order chi connectivity index (χ1) is 5.53. The highest BCUT2D eigenvalue weighted by Gasteiger charge is 2.20. The lowest BCUT2D eigenvalue weighted by Crippen LogP contribution is -2.15. The Morgan fingerprint density at radius 3 is 2.92 bits per heavy atom. The van der Waals surface area contributed by atoms with E-state index in [9.17, 15) is 5.11 Å². The van der Waals surface area contributed by atoms with Crippen molar-refractivity contribution < 1.29 is 5.11 Å². The van der Waals surface area contributed by atoms with E-state index in [1.54, 1.807) is 12.2 Å². The zero-order chi connectivity index (χ0) is 9.19. The number of hydrogen-bond donors (Lipinski definition) is 2. The Balaban J connectivity index is 2.92. The molecule has 0 heterocycles. The highest BCUT2D eigenvalue weighted by atomic mass is 16.3. The second kappa shape index (κ2) is 3.23. The van der Waals surface area contributed by atoms with Crippen molar-refractivity contribution in [2.45, 2.75) is 26.4 Å². The van der Waals surface area contributed by atoms with Crippen LogP contribution in [0.3, 0.4) is 0 Å². The predicted molar refractivity (Wildman–Crippen MR) is 50.4 cm³/mol. The molecule has 2 heteroatoms. The normalized spacial score (nSPS) is 27.6. The number of hydrogen-bond acceptors (Lipinski definition) is 2. The van der Waals surface area contributed by atoms with Gasteiger partial charge in [-0.1, -0.05) is 32.1 Å². The van der Waals surface area contributed by atoms with Gasteiger partial charge in [-0.2, -0.15) is 0 Å². The van der Waals surface area contributed by atoms with E-state index in [-0.39, 0.29) is 11.5 Å². The van der Waals surface area contributed by atoms with Gasteiger partial charge in [-0.15, -0.1) is 0 Å². The highest BCUT2D eigenvalue weighted by Crippen LogP contribution is 2.28. The van der Waals surface area contributed by atoms with Gasteiger partial charge in [0.15, 0.2) is 0 Å². The van der Waals surface area contributed by atoms with Crippen LogP contribution in [0, 0.1) is 10.8 Å². The molecular weight excluding hydrogens is 150 g/mol. The van der Waals surface area contributed by atoms with Gasteiger partial charge in [-0.25, -0.2) is 0 Å². The fourth-order valence-electron chi connectivity index (χ4n) is 1.48. The average molecular weight is 165 g/mol. The van der Waals surface area contributed by atoms with Crippen LogP contribution < -0.4 is 0 Å². The molecule has 2 nitrogen and oxygen atoms in total. The molecule has 12 heavy (non-hydrogen) atoms. The summed E-state index contributed by atoms with van der Waals surface area (Å²) in [6.45, 7) is 4.12. The Morgan fingerprint density at radius 2 is 2.33 bits per heavy atom. The van der Waals surface area contributed by atoms with Crippen LogP contribution in [-0.4, -0.2) is 17.4 Å². The minimum atomic E-state index is -0.381. The van der Waals surface area contributed by atoms with E-state index < -0.39 is 0 Å². The molecule has 0 saturated heterocycles. The second-order valence-corrected chi connectivity index (χ2v) is 3.91. The molecule has 0 spiro atoms. The molecule has 0 fully saturated rings. The topological polar surface area (TPSA) is 44.1 Å². The molecule has 1 aliphatic carbocycles. The first-order valence-corrected chi connectivity index (χ1v) is 4.13. The van der Waals surface area contributed by atoms with Crippen LogP contribution in [0.4, 0.5) is 0 Å². The van der Waals surface area contributed by atoms with Crippen molar-refractivity contribution in [3.63, 3.8) is 0 Å². The standard InChI is InChI=1S/C10H15NO/c1-10(2)5-8(7-11)3-4-9(12)6-10/h3-5,7,9,11-12H,6H2,1-2H3. The molecule has 1 atom stereocenters. The van der Waals surface area contributed by atoms with Crippen molar-refractivity contribution >= 4 is 6.21 Å². The molecule has 0 saturated carbocycles. The van der Waals surface area contributed by atoms with Crippen molar-refractivity contribution in [3.8, 4) is 0 Å². The Kier molecular flexibility index (Phi) is 2.48. The lowest BCUT2D eigenvalue weighted by Gasteiger charge is -2.20. The van der Waals surface area contributed by atoms with E-state index in [2.05, 4.69) is 13.8 Å².